The molecule has 0 bridgehead atoms. The Hall–Kier alpha value is -1.92. The fourth-order valence-corrected chi connectivity index (χ4v) is 1.57. The monoisotopic (exact) mass is 225 g/mol. The summed E-state index contributed by atoms with van der Waals surface area (Å²) >= 11 is 0. The van der Waals surface area contributed by atoms with Gasteiger partial charge in [-0.3, -0.25) is 4.98 Å². The van der Waals surface area contributed by atoms with Gasteiger partial charge in [-0.1, -0.05) is 12.1 Å². The summed E-state index contributed by atoms with van der Waals surface area (Å²) < 4.78 is 0. The molecule has 1 heterocycles. The lowest BCUT2D eigenvalue weighted by Gasteiger charge is -2.03. The molecule has 2 aromatic rings. The van der Waals surface area contributed by atoms with Crippen LogP contribution >= 0.6 is 0 Å². The van der Waals surface area contributed by atoms with E-state index in [1.807, 2.05) is 37.4 Å². The lowest BCUT2D eigenvalue weighted by molar-refractivity contribution is 0.687. The van der Waals surface area contributed by atoms with Crippen molar-refractivity contribution in [2.75, 3.05) is 6.54 Å². The van der Waals surface area contributed by atoms with Crippen molar-refractivity contribution in [3.63, 3.8) is 0 Å². The molecule has 0 radical (unpaired) electrons. The minimum atomic E-state index is 0.739. The van der Waals surface area contributed by atoms with Gasteiger partial charge in [0.25, 0.3) is 0 Å². The Kier molecular flexibility index (Phi) is 4.06. The van der Waals surface area contributed by atoms with Gasteiger partial charge in [0.05, 0.1) is 22.9 Å². The minimum absolute atomic E-state index is 0.739. The standard InChI is InChI=1S/C14H15N3/c1-2-3-6-9-15-10-12-11-16-13-7-4-5-8-14(13)17-12/h4-5,7-8,11,15H,6,9-10H2,1H3. The second-order valence-corrected chi connectivity index (χ2v) is 3.70. The molecule has 0 spiro atoms. The lowest BCUT2D eigenvalue weighted by Crippen LogP contribution is -2.15. The molecule has 86 valence electrons. The third-order valence-electron chi connectivity index (χ3n) is 2.41. The summed E-state index contributed by atoms with van der Waals surface area (Å²) in [6.07, 6.45) is 2.69. The van der Waals surface area contributed by atoms with Gasteiger partial charge in [-0.05, 0) is 19.1 Å². The largest absolute Gasteiger partial charge is 0.310 e. The molecule has 0 aliphatic carbocycles. The number of hydrogen-bond donors (Lipinski definition) is 1. The summed E-state index contributed by atoms with van der Waals surface area (Å²) in [6, 6.07) is 7.90. The molecule has 1 aromatic carbocycles. The van der Waals surface area contributed by atoms with E-state index in [9.17, 15) is 0 Å². The van der Waals surface area contributed by atoms with Crippen LogP contribution in [0.5, 0.6) is 0 Å². The molecule has 0 aliphatic heterocycles. The third-order valence-corrected chi connectivity index (χ3v) is 2.41. The van der Waals surface area contributed by atoms with Crippen molar-refractivity contribution < 1.29 is 0 Å². The molecule has 3 heteroatoms. The number of nitrogens with zero attached hydrogens (tertiary/aromatic N) is 2. The summed E-state index contributed by atoms with van der Waals surface area (Å²) in [5.74, 6) is 5.89. The fourth-order valence-electron chi connectivity index (χ4n) is 1.57. The normalized spacial score (nSPS) is 9.94. The molecule has 0 saturated heterocycles. The van der Waals surface area contributed by atoms with Crippen molar-refractivity contribution in [2.24, 2.45) is 0 Å². The highest BCUT2D eigenvalue weighted by Crippen LogP contribution is 2.07. The van der Waals surface area contributed by atoms with Crippen molar-refractivity contribution in [2.45, 2.75) is 19.9 Å². The number of rotatable bonds is 4. The van der Waals surface area contributed by atoms with Crippen molar-refractivity contribution >= 4 is 11.0 Å². The molecule has 0 amide bonds. The first-order valence-electron chi connectivity index (χ1n) is 5.71. The number of hydrogen-bond acceptors (Lipinski definition) is 3. The van der Waals surface area contributed by atoms with Gasteiger partial charge < -0.3 is 5.32 Å². The van der Waals surface area contributed by atoms with E-state index in [-0.39, 0.29) is 0 Å². The maximum absolute atomic E-state index is 4.53. The number of aromatic nitrogens is 2. The van der Waals surface area contributed by atoms with Crippen LogP contribution in [0.15, 0.2) is 30.5 Å². The Balaban J connectivity index is 1.96. The van der Waals surface area contributed by atoms with Gasteiger partial charge in [-0.25, -0.2) is 4.98 Å². The van der Waals surface area contributed by atoms with Gasteiger partial charge in [0.2, 0.25) is 0 Å². The number of nitrogens with one attached hydrogen (secondary N) is 1. The molecule has 17 heavy (non-hydrogen) atoms. The van der Waals surface area contributed by atoms with E-state index < -0.39 is 0 Å². The molecule has 2 rings (SSSR count). The SMILES string of the molecule is CC#CCCNCc1cnc2ccccc2n1. The number of benzene rings is 1. The topological polar surface area (TPSA) is 37.8 Å². The van der Waals surface area contributed by atoms with Crippen molar-refractivity contribution in [3.05, 3.63) is 36.2 Å². The van der Waals surface area contributed by atoms with E-state index in [0.29, 0.717) is 0 Å². The highest BCUT2D eigenvalue weighted by molar-refractivity contribution is 5.73. The van der Waals surface area contributed by atoms with E-state index in [4.69, 9.17) is 0 Å². The van der Waals surface area contributed by atoms with Gasteiger partial charge in [0.1, 0.15) is 0 Å². The summed E-state index contributed by atoms with van der Waals surface area (Å²) in [5, 5.41) is 3.30. The Morgan fingerprint density at radius 1 is 1.24 bits per heavy atom. The molecule has 0 fully saturated rings. The van der Waals surface area contributed by atoms with Crippen LogP contribution in [0.4, 0.5) is 0 Å². The van der Waals surface area contributed by atoms with Crippen LogP contribution in [-0.2, 0) is 6.54 Å². The first kappa shape index (κ1) is 11.6. The van der Waals surface area contributed by atoms with Crippen molar-refractivity contribution in [3.8, 4) is 11.8 Å². The molecule has 3 nitrogen and oxygen atoms in total. The maximum atomic E-state index is 4.53. The smallest absolute Gasteiger partial charge is 0.0890 e. The second kappa shape index (κ2) is 5.97. The second-order valence-electron chi connectivity index (χ2n) is 3.70. The molecule has 0 atom stereocenters. The van der Waals surface area contributed by atoms with Gasteiger partial charge in [0, 0.05) is 19.5 Å². The van der Waals surface area contributed by atoms with Crippen LogP contribution in [0.25, 0.3) is 11.0 Å². The summed E-state index contributed by atoms with van der Waals surface area (Å²) in [7, 11) is 0. The lowest BCUT2D eigenvalue weighted by atomic mass is 10.3. The Bertz CT molecular complexity index is 552. The number of para-hydroxylation sites is 2. The zero-order valence-corrected chi connectivity index (χ0v) is 9.90. The summed E-state index contributed by atoms with van der Waals surface area (Å²) in [5.41, 5.74) is 2.85. The predicted molar refractivity (Wildman–Crippen MR) is 69.3 cm³/mol. The van der Waals surface area contributed by atoms with Gasteiger partial charge in [0.15, 0.2) is 0 Å². The van der Waals surface area contributed by atoms with Gasteiger partial charge in [-0.15, -0.1) is 11.8 Å². The molecular weight excluding hydrogens is 210 g/mol. The van der Waals surface area contributed by atoms with E-state index in [1.54, 1.807) is 0 Å². The average Bonchev–Trinajstić information content (AvgIpc) is 2.38. The quantitative estimate of drug-likeness (QED) is 0.640. The van der Waals surface area contributed by atoms with E-state index in [0.717, 1.165) is 36.2 Å². The summed E-state index contributed by atoms with van der Waals surface area (Å²) in [6.45, 7) is 3.48. The first-order valence-corrected chi connectivity index (χ1v) is 5.71. The van der Waals surface area contributed by atoms with Crippen LogP contribution in [-0.4, -0.2) is 16.5 Å². The Morgan fingerprint density at radius 3 is 2.88 bits per heavy atom. The van der Waals surface area contributed by atoms with E-state index in [1.165, 1.54) is 0 Å². The fraction of sp³-hybridized carbons (Fsp3) is 0.286. The highest BCUT2D eigenvalue weighted by atomic mass is 14.9. The molecule has 1 N–H and O–H groups in total. The maximum Gasteiger partial charge on any atom is 0.0890 e. The molecule has 0 unspecified atom stereocenters. The molecule has 1 aromatic heterocycles. The first-order chi connectivity index (χ1) is 8.40. The third kappa shape index (κ3) is 3.27. The van der Waals surface area contributed by atoms with Gasteiger partial charge in [-0.2, -0.15) is 0 Å². The average molecular weight is 225 g/mol. The van der Waals surface area contributed by atoms with E-state index in [2.05, 4.69) is 27.1 Å². The van der Waals surface area contributed by atoms with Crippen molar-refractivity contribution in [1.82, 2.24) is 15.3 Å². The molecular formula is C14H15N3. The molecule has 0 aliphatic rings. The molecule has 0 saturated carbocycles. The Morgan fingerprint density at radius 2 is 2.06 bits per heavy atom. The minimum Gasteiger partial charge on any atom is -0.310 e. The van der Waals surface area contributed by atoms with Crippen molar-refractivity contribution in [1.29, 1.82) is 0 Å². The predicted octanol–water partition coefficient (Wildman–Crippen LogP) is 2.13. The Labute approximate surface area is 101 Å². The van der Waals surface area contributed by atoms with Crippen LogP contribution in [0.3, 0.4) is 0 Å². The van der Waals surface area contributed by atoms with Crippen LogP contribution < -0.4 is 5.32 Å². The van der Waals surface area contributed by atoms with E-state index >= 15 is 0 Å². The summed E-state index contributed by atoms with van der Waals surface area (Å²) in [4.78, 5) is 8.90. The zero-order chi connectivity index (χ0) is 11.9. The number of fused-ring (bicyclic) bond motifs is 1. The van der Waals surface area contributed by atoms with Crippen LogP contribution in [0.2, 0.25) is 0 Å². The zero-order valence-electron chi connectivity index (χ0n) is 9.90. The van der Waals surface area contributed by atoms with Crippen LogP contribution in [0, 0.1) is 11.8 Å². The van der Waals surface area contributed by atoms with Crippen LogP contribution in [0.1, 0.15) is 19.0 Å². The van der Waals surface area contributed by atoms with Gasteiger partial charge >= 0.3 is 0 Å². The highest BCUT2D eigenvalue weighted by Gasteiger charge is 1.98.